The van der Waals surface area contributed by atoms with Gasteiger partial charge in [-0.25, -0.2) is 4.79 Å². The maximum absolute atomic E-state index is 14.4. The van der Waals surface area contributed by atoms with Crippen LogP contribution in [0.2, 0.25) is 5.02 Å². The largest absolute Gasteiger partial charge is 0.511 e. The van der Waals surface area contributed by atoms with E-state index in [0.29, 0.717) is 17.5 Å². The van der Waals surface area contributed by atoms with Crippen LogP contribution >= 0.6 is 11.6 Å². The molecule has 1 aliphatic heterocycles. The molecule has 8 heteroatoms. The van der Waals surface area contributed by atoms with E-state index in [1.54, 1.807) is 12.1 Å². The number of halogens is 1. The Kier molecular flexibility index (Phi) is 8.31. The highest BCUT2D eigenvalue weighted by molar-refractivity contribution is 6.31. The molecule has 0 bridgehead atoms. The van der Waals surface area contributed by atoms with Gasteiger partial charge in [0.2, 0.25) is 5.91 Å². The Labute approximate surface area is 240 Å². The van der Waals surface area contributed by atoms with E-state index in [1.165, 1.54) is 5.69 Å². The van der Waals surface area contributed by atoms with Crippen LogP contribution in [0.1, 0.15) is 62.3 Å². The van der Waals surface area contributed by atoms with Crippen molar-refractivity contribution in [2.24, 2.45) is 5.92 Å². The second-order valence-electron chi connectivity index (χ2n) is 11.3. The van der Waals surface area contributed by atoms with Crippen molar-refractivity contribution in [1.82, 2.24) is 9.88 Å². The molecular formula is C32H36ClN3O4. The number of amides is 1. The Morgan fingerprint density at radius 1 is 1.07 bits per heavy atom. The van der Waals surface area contributed by atoms with E-state index in [2.05, 4.69) is 22.0 Å². The molecule has 5 rings (SSSR count). The van der Waals surface area contributed by atoms with Crippen LogP contribution in [-0.4, -0.2) is 46.7 Å². The maximum Gasteiger partial charge on any atom is 0.511 e. The monoisotopic (exact) mass is 561 g/mol. The molecule has 0 spiro atoms. The molecule has 1 aromatic heterocycles. The van der Waals surface area contributed by atoms with Gasteiger partial charge in [0, 0.05) is 42.7 Å². The zero-order valence-corrected chi connectivity index (χ0v) is 23.8. The number of carbonyl (C=O) groups excluding carboxylic acids is 1. The Balaban J connectivity index is 1.38. The van der Waals surface area contributed by atoms with Crippen molar-refractivity contribution in [2.45, 2.75) is 57.4 Å². The summed E-state index contributed by atoms with van der Waals surface area (Å²) in [4.78, 5) is 34.2. The molecule has 210 valence electrons. The summed E-state index contributed by atoms with van der Waals surface area (Å²) in [5.41, 5.74) is 3.27. The number of rotatable bonds is 8. The van der Waals surface area contributed by atoms with Crippen molar-refractivity contribution < 1.29 is 19.4 Å². The van der Waals surface area contributed by atoms with Crippen LogP contribution in [-0.2, 0) is 16.6 Å². The maximum atomic E-state index is 14.4. The van der Waals surface area contributed by atoms with Crippen LogP contribution in [0.15, 0.2) is 67.0 Å². The van der Waals surface area contributed by atoms with Crippen molar-refractivity contribution in [3.05, 3.63) is 88.7 Å². The summed E-state index contributed by atoms with van der Waals surface area (Å²) in [5, 5.41) is 9.73. The molecule has 1 saturated heterocycles. The molecule has 7 nitrogen and oxygen atoms in total. The van der Waals surface area contributed by atoms with Gasteiger partial charge in [-0.3, -0.25) is 9.78 Å². The van der Waals surface area contributed by atoms with E-state index >= 15 is 0 Å². The summed E-state index contributed by atoms with van der Waals surface area (Å²) in [6, 6.07) is 16.9. The summed E-state index contributed by atoms with van der Waals surface area (Å²) < 4.78 is 4.97. The lowest BCUT2D eigenvalue weighted by molar-refractivity contribution is -0.139. The third-order valence-corrected chi connectivity index (χ3v) is 8.84. The van der Waals surface area contributed by atoms with Crippen LogP contribution in [0.5, 0.6) is 5.75 Å². The van der Waals surface area contributed by atoms with Gasteiger partial charge >= 0.3 is 6.16 Å². The van der Waals surface area contributed by atoms with Crippen molar-refractivity contribution in [3.8, 4) is 5.75 Å². The van der Waals surface area contributed by atoms with Crippen LogP contribution in [0.4, 0.5) is 10.5 Å². The number of carboxylic acid groups (broad SMARTS) is 1. The molecule has 0 saturated carbocycles. The van der Waals surface area contributed by atoms with E-state index in [9.17, 15) is 9.59 Å². The first-order valence-corrected chi connectivity index (χ1v) is 14.4. The van der Waals surface area contributed by atoms with Crippen molar-refractivity contribution in [1.29, 1.82) is 0 Å². The van der Waals surface area contributed by atoms with Gasteiger partial charge in [-0.15, -0.1) is 0 Å². The summed E-state index contributed by atoms with van der Waals surface area (Å²) >= 11 is 6.58. The average molecular weight is 562 g/mol. The Morgan fingerprint density at radius 2 is 1.80 bits per heavy atom. The van der Waals surface area contributed by atoms with Crippen LogP contribution < -0.4 is 9.64 Å². The lowest BCUT2D eigenvalue weighted by Crippen LogP contribution is -2.46. The quantitative estimate of drug-likeness (QED) is 0.238. The topological polar surface area (TPSA) is 83.0 Å². The Hall–Kier alpha value is -3.58. The number of pyridine rings is 1. The number of fused-ring (bicyclic) bond motifs is 1. The molecule has 1 unspecified atom stereocenters. The highest BCUT2D eigenvalue weighted by atomic mass is 35.5. The molecule has 3 aromatic rings. The second-order valence-corrected chi connectivity index (χ2v) is 11.7. The minimum atomic E-state index is -1.35. The fourth-order valence-corrected chi connectivity index (χ4v) is 6.62. The van der Waals surface area contributed by atoms with Crippen molar-refractivity contribution >= 4 is 29.4 Å². The number of anilines is 1. The predicted molar refractivity (Wildman–Crippen MR) is 156 cm³/mol. The number of aromatic nitrogens is 1. The SMILES string of the molecule is CC(C)(C(=O)N(CCC1CCN(c2ccncc2)CC1)C1CCc2ccc(OC(=O)O)cc21)c1ccccc1Cl. The molecule has 1 amide bonds. The third kappa shape index (κ3) is 5.94. The zero-order valence-electron chi connectivity index (χ0n) is 23.1. The van der Waals surface area contributed by atoms with E-state index in [-0.39, 0.29) is 17.7 Å². The molecule has 1 N–H and O–H groups in total. The van der Waals surface area contributed by atoms with Crippen LogP contribution in [0.3, 0.4) is 0 Å². The number of aryl methyl sites for hydroxylation is 1. The minimum absolute atomic E-state index is 0.0252. The Morgan fingerprint density at radius 3 is 2.50 bits per heavy atom. The van der Waals surface area contributed by atoms with E-state index in [0.717, 1.165) is 61.9 Å². The summed E-state index contributed by atoms with van der Waals surface area (Å²) in [7, 11) is 0. The van der Waals surface area contributed by atoms with Gasteiger partial charge in [0.25, 0.3) is 0 Å². The summed E-state index contributed by atoms with van der Waals surface area (Å²) in [6.45, 7) is 6.47. The number of hydrogen-bond acceptors (Lipinski definition) is 5. The molecule has 40 heavy (non-hydrogen) atoms. The number of carbonyl (C=O) groups is 2. The molecule has 1 atom stereocenters. The number of piperidine rings is 1. The van der Waals surface area contributed by atoms with E-state index in [4.69, 9.17) is 21.4 Å². The number of ether oxygens (including phenoxy) is 1. The van der Waals surface area contributed by atoms with Gasteiger partial charge in [0.1, 0.15) is 5.75 Å². The Bertz CT molecular complexity index is 1360. The predicted octanol–water partition coefficient (Wildman–Crippen LogP) is 6.89. The van der Waals surface area contributed by atoms with Crippen LogP contribution in [0.25, 0.3) is 0 Å². The summed E-state index contributed by atoms with van der Waals surface area (Å²) in [6.07, 6.45) is 6.97. The highest BCUT2D eigenvalue weighted by Crippen LogP contribution is 2.42. The second kappa shape index (κ2) is 11.9. The molecule has 1 aliphatic carbocycles. The third-order valence-electron chi connectivity index (χ3n) is 8.51. The molecule has 2 aromatic carbocycles. The smallest absolute Gasteiger partial charge is 0.449 e. The fraction of sp³-hybridized carbons (Fsp3) is 0.406. The molecule has 2 heterocycles. The average Bonchev–Trinajstić information content (AvgIpc) is 3.37. The first-order chi connectivity index (χ1) is 19.2. The normalized spacial score (nSPS) is 17.4. The summed E-state index contributed by atoms with van der Waals surface area (Å²) in [5.74, 6) is 0.816. The zero-order chi connectivity index (χ0) is 28.3. The van der Waals surface area contributed by atoms with Gasteiger partial charge in [0.15, 0.2) is 0 Å². The molecule has 1 fully saturated rings. The van der Waals surface area contributed by atoms with E-state index < -0.39 is 11.6 Å². The first-order valence-electron chi connectivity index (χ1n) is 14.0. The minimum Gasteiger partial charge on any atom is -0.449 e. The molecular weight excluding hydrogens is 526 g/mol. The number of hydrogen-bond donors (Lipinski definition) is 1. The van der Waals surface area contributed by atoms with Crippen LogP contribution in [0, 0.1) is 5.92 Å². The molecule has 2 aliphatic rings. The van der Waals surface area contributed by atoms with Gasteiger partial charge < -0.3 is 19.6 Å². The lowest BCUT2D eigenvalue weighted by Gasteiger charge is -2.39. The van der Waals surface area contributed by atoms with Gasteiger partial charge in [-0.1, -0.05) is 35.9 Å². The van der Waals surface area contributed by atoms with Gasteiger partial charge in [-0.05, 0) is 98.9 Å². The number of nitrogens with zero attached hydrogens (tertiary/aromatic N) is 3. The molecule has 0 radical (unpaired) electrons. The van der Waals surface area contributed by atoms with Gasteiger partial charge in [0.05, 0.1) is 11.5 Å². The first kappa shape index (κ1) is 28.0. The van der Waals surface area contributed by atoms with Crippen molar-refractivity contribution in [2.75, 3.05) is 24.5 Å². The van der Waals surface area contributed by atoms with E-state index in [1.807, 2.05) is 61.5 Å². The highest BCUT2D eigenvalue weighted by Gasteiger charge is 2.40. The van der Waals surface area contributed by atoms with Gasteiger partial charge in [-0.2, -0.15) is 0 Å². The lowest BCUT2D eigenvalue weighted by atomic mass is 9.82. The van der Waals surface area contributed by atoms with Crippen molar-refractivity contribution in [3.63, 3.8) is 0 Å². The number of benzene rings is 2. The standard InChI is InChI=1S/C32H36ClN3O4/c1-32(2,27-5-3-4-6-28(27)33)30(37)36(29-10-8-23-7-9-25(21-26(23)29)40-31(38)39)20-15-22-13-18-35(19-14-22)24-11-16-34-17-12-24/h3-7,9,11-12,16-17,21-22,29H,8,10,13-15,18-20H2,1-2H3,(H,38,39). The fourth-order valence-electron chi connectivity index (χ4n) is 6.24.